The van der Waals surface area contributed by atoms with Gasteiger partial charge in [-0.05, 0) is 31.4 Å². The van der Waals surface area contributed by atoms with Gasteiger partial charge in [0.25, 0.3) is 0 Å². The van der Waals surface area contributed by atoms with Crippen LogP contribution in [-0.2, 0) is 16.1 Å². The third-order valence-electron chi connectivity index (χ3n) is 3.98. The van der Waals surface area contributed by atoms with E-state index in [0.717, 1.165) is 10.9 Å². The number of carboxylic acids is 1. The number of hydrogen-bond acceptors (Lipinski definition) is 2. The molecule has 21 heavy (non-hydrogen) atoms. The summed E-state index contributed by atoms with van der Waals surface area (Å²) in [5.41, 5.74) is -0.124. The van der Waals surface area contributed by atoms with Crippen molar-refractivity contribution in [3.05, 3.63) is 36.5 Å². The molecule has 2 rings (SSSR count). The second-order valence-corrected chi connectivity index (χ2v) is 5.63. The molecular formula is C16H20N2O3. The number of aliphatic carboxylic acids is 1. The van der Waals surface area contributed by atoms with E-state index in [4.69, 9.17) is 5.11 Å². The first-order valence-corrected chi connectivity index (χ1v) is 6.88. The first kappa shape index (κ1) is 15.1. The van der Waals surface area contributed by atoms with E-state index in [-0.39, 0.29) is 12.3 Å². The van der Waals surface area contributed by atoms with Crippen LogP contribution in [-0.4, -0.2) is 39.0 Å². The van der Waals surface area contributed by atoms with Crippen molar-refractivity contribution in [2.24, 2.45) is 0 Å². The molecule has 1 aromatic carbocycles. The average Bonchev–Trinajstić information content (AvgIpc) is 2.87. The van der Waals surface area contributed by atoms with Gasteiger partial charge < -0.3 is 14.6 Å². The van der Waals surface area contributed by atoms with Crippen LogP contribution in [0.15, 0.2) is 36.5 Å². The maximum atomic E-state index is 12.2. The predicted molar refractivity (Wildman–Crippen MR) is 81.0 cm³/mol. The zero-order valence-electron chi connectivity index (χ0n) is 12.5. The van der Waals surface area contributed by atoms with E-state index in [1.54, 1.807) is 0 Å². The highest BCUT2D eigenvalue weighted by molar-refractivity contribution is 5.86. The summed E-state index contributed by atoms with van der Waals surface area (Å²) in [4.78, 5) is 24.6. The molecule has 0 aliphatic carbocycles. The second kappa shape index (κ2) is 5.60. The van der Waals surface area contributed by atoms with Crippen molar-refractivity contribution in [1.29, 1.82) is 0 Å². The van der Waals surface area contributed by atoms with Crippen molar-refractivity contribution in [3.8, 4) is 0 Å². The molecule has 0 radical (unpaired) electrons. The van der Waals surface area contributed by atoms with Gasteiger partial charge in [-0.1, -0.05) is 18.2 Å². The number of fused-ring (bicyclic) bond motifs is 1. The monoisotopic (exact) mass is 288 g/mol. The fourth-order valence-corrected chi connectivity index (χ4v) is 2.17. The summed E-state index contributed by atoms with van der Waals surface area (Å²) in [5, 5.41) is 10.3. The smallest absolute Gasteiger partial charge is 0.329 e. The summed E-state index contributed by atoms with van der Waals surface area (Å²) in [6.45, 7) is 3.59. The number of rotatable bonds is 5. The van der Waals surface area contributed by atoms with Crippen LogP contribution >= 0.6 is 0 Å². The Labute approximate surface area is 123 Å². The quantitative estimate of drug-likeness (QED) is 0.918. The van der Waals surface area contributed by atoms with Crippen LogP contribution in [0.25, 0.3) is 10.9 Å². The van der Waals surface area contributed by atoms with Crippen molar-refractivity contribution < 1.29 is 14.7 Å². The number of carbonyl (C=O) groups is 2. The van der Waals surface area contributed by atoms with E-state index in [9.17, 15) is 9.59 Å². The molecule has 0 aliphatic rings. The molecule has 0 bridgehead atoms. The minimum absolute atomic E-state index is 0.180. The van der Waals surface area contributed by atoms with Crippen molar-refractivity contribution in [2.75, 3.05) is 7.05 Å². The van der Waals surface area contributed by atoms with Crippen molar-refractivity contribution >= 4 is 22.8 Å². The molecule has 1 N–H and O–H groups in total. The first-order chi connectivity index (χ1) is 9.84. The molecule has 1 aromatic heterocycles. The molecule has 5 heteroatoms. The van der Waals surface area contributed by atoms with Crippen molar-refractivity contribution in [2.45, 2.75) is 32.4 Å². The van der Waals surface area contributed by atoms with E-state index >= 15 is 0 Å². The third-order valence-corrected chi connectivity index (χ3v) is 3.98. The lowest BCUT2D eigenvalue weighted by Crippen LogP contribution is -2.50. The van der Waals surface area contributed by atoms with Gasteiger partial charge in [0.2, 0.25) is 5.91 Å². The molecule has 0 unspecified atom stereocenters. The summed E-state index contributed by atoms with van der Waals surface area (Å²) in [6.07, 6.45) is 2.21. The number of amides is 1. The Hall–Kier alpha value is -2.30. The summed E-state index contributed by atoms with van der Waals surface area (Å²) in [6, 6.07) is 9.96. The predicted octanol–water partition coefficient (Wildman–Crippen LogP) is 2.35. The zero-order valence-corrected chi connectivity index (χ0v) is 12.5. The van der Waals surface area contributed by atoms with E-state index in [1.807, 2.05) is 41.1 Å². The Balaban J connectivity index is 2.06. The van der Waals surface area contributed by atoms with Crippen molar-refractivity contribution in [1.82, 2.24) is 9.47 Å². The number of carbonyl (C=O) groups excluding carboxylic acids is 1. The molecule has 5 nitrogen and oxygen atoms in total. The second-order valence-electron chi connectivity index (χ2n) is 5.63. The molecule has 1 amide bonds. The molecule has 0 saturated carbocycles. The van der Waals surface area contributed by atoms with Gasteiger partial charge in [0.05, 0.1) is 0 Å². The van der Waals surface area contributed by atoms with Crippen LogP contribution in [0, 0.1) is 0 Å². The lowest BCUT2D eigenvalue weighted by atomic mass is 10.0. The Morgan fingerprint density at radius 1 is 1.24 bits per heavy atom. The lowest BCUT2D eigenvalue weighted by molar-refractivity contribution is -0.155. The minimum atomic E-state index is -1.20. The topological polar surface area (TPSA) is 62.5 Å². The van der Waals surface area contributed by atoms with E-state index in [0.29, 0.717) is 6.54 Å². The Kier molecular flexibility index (Phi) is 4.02. The highest BCUT2D eigenvalue weighted by atomic mass is 16.4. The number of aromatic nitrogens is 1. The van der Waals surface area contributed by atoms with Crippen LogP contribution in [0.3, 0.4) is 0 Å². The average molecular weight is 288 g/mol. The summed E-state index contributed by atoms with van der Waals surface area (Å²) in [7, 11) is 1.53. The van der Waals surface area contributed by atoms with Crippen molar-refractivity contribution in [3.63, 3.8) is 0 Å². The van der Waals surface area contributed by atoms with Crippen LogP contribution < -0.4 is 0 Å². The Morgan fingerprint density at radius 2 is 1.90 bits per heavy atom. The third kappa shape index (κ3) is 2.91. The molecule has 0 atom stereocenters. The SMILES string of the molecule is CN(C(=O)CCn1ccc2ccccc21)C(C)(C)C(=O)O. The Morgan fingerprint density at radius 3 is 2.57 bits per heavy atom. The summed E-state index contributed by atoms with van der Waals surface area (Å²) < 4.78 is 2.01. The molecule has 0 aliphatic heterocycles. The normalized spacial score (nSPS) is 11.6. The molecule has 0 saturated heterocycles. The maximum absolute atomic E-state index is 12.2. The molecule has 1 heterocycles. The van der Waals surface area contributed by atoms with Gasteiger partial charge >= 0.3 is 5.97 Å². The van der Waals surface area contributed by atoms with Crippen LogP contribution in [0.2, 0.25) is 0 Å². The molecule has 2 aromatic rings. The number of benzene rings is 1. The van der Waals surface area contributed by atoms with Gasteiger partial charge in [-0.2, -0.15) is 0 Å². The van der Waals surface area contributed by atoms with Gasteiger partial charge in [-0.25, -0.2) is 4.79 Å². The molecular weight excluding hydrogens is 268 g/mol. The number of hydrogen-bond donors (Lipinski definition) is 1. The van der Waals surface area contributed by atoms with Gasteiger partial charge in [0.1, 0.15) is 5.54 Å². The number of likely N-dealkylation sites (N-methyl/N-ethyl adjacent to an activating group) is 1. The number of aryl methyl sites for hydroxylation is 1. The standard InChI is InChI=1S/C16H20N2O3/c1-16(2,15(20)21)17(3)14(19)9-11-18-10-8-12-6-4-5-7-13(12)18/h4-8,10H,9,11H2,1-3H3,(H,20,21). The number of para-hydroxylation sites is 1. The van der Waals surface area contributed by atoms with Gasteiger partial charge in [-0.3, -0.25) is 4.79 Å². The Bertz CT molecular complexity index is 673. The fraction of sp³-hybridized carbons (Fsp3) is 0.375. The highest BCUT2D eigenvalue weighted by Crippen LogP contribution is 2.17. The van der Waals surface area contributed by atoms with E-state index < -0.39 is 11.5 Å². The fourth-order valence-electron chi connectivity index (χ4n) is 2.17. The number of nitrogens with zero attached hydrogens (tertiary/aromatic N) is 2. The first-order valence-electron chi connectivity index (χ1n) is 6.88. The van der Waals surface area contributed by atoms with Crippen LogP contribution in [0.4, 0.5) is 0 Å². The minimum Gasteiger partial charge on any atom is -0.480 e. The van der Waals surface area contributed by atoms with Gasteiger partial charge in [0, 0.05) is 31.7 Å². The lowest BCUT2D eigenvalue weighted by Gasteiger charge is -2.31. The van der Waals surface area contributed by atoms with E-state index in [1.165, 1.54) is 25.8 Å². The number of carboxylic acid groups (broad SMARTS) is 1. The summed E-state index contributed by atoms with van der Waals surface area (Å²) >= 11 is 0. The largest absolute Gasteiger partial charge is 0.480 e. The van der Waals surface area contributed by atoms with E-state index in [2.05, 4.69) is 0 Å². The van der Waals surface area contributed by atoms with Gasteiger partial charge in [-0.15, -0.1) is 0 Å². The van der Waals surface area contributed by atoms with Crippen LogP contribution in [0.5, 0.6) is 0 Å². The molecule has 0 fully saturated rings. The van der Waals surface area contributed by atoms with Crippen LogP contribution in [0.1, 0.15) is 20.3 Å². The van der Waals surface area contributed by atoms with Gasteiger partial charge in [0.15, 0.2) is 0 Å². The molecule has 112 valence electrons. The zero-order chi connectivity index (χ0) is 15.6. The summed E-state index contributed by atoms with van der Waals surface area (Å²) in [5.74, 6) is -1.19. The molecule has 0 spiro atoms. The maximum Gasteiger partial charge on any atom is 0.329 e. The highest BCUT2D eigenvalue weighted by Gasteiger charge is 2.34.